The van der Waals surface area contributed by atoms with Gasteiger partial charge in [-0.3, -0.25) is 0 Å². The van der Waals surface area contributed by atoms with Crippen LogP contribution < -0.4 is 5.32 Å². The molecule has 3 nitrogen and oxygen atoms in total. The topological polar surface area (TPSA) is 38.3 Å². The molecule has 0 aliphatic heterocycles. The summed E-state index contributed by atoms with van der Waals surface area (Å²) >= 11 is 0. The van der Waals surface area contributed by atoms with Gasteiger partial charge in [0.15, 0.2) is 0 Å². The summed E-state index contributed by atoms with van der Waals surface area (Å²) in [5, 5.41) is 3.21. The average molecular weight is 247 g/mol. The maximum atomic E-state index is 10.9. The molecule has 3 heteroatoms. The lowest BCUT2D eigenvalue weighted by molar-refractivity contribution is -0.134. The molecular formula is C15H21NO2. The van der Waals surface area contributed by atoms with Crippen LogP contribution in [0.3, 0.4) is 0 Å². The summed E-state index contributed by atoms with van der Waals surface area (Å²) < 4.78 is 4.53. The number of aryl methyl sites for hydroxylation is 1. The maximum absolute atomic E-state index is 10.9. The van der Waals surface area contributed by atoms with Crippen LogP contribution in [0, 0.1) is 0 Å². The Morgan fingerprint density at radius 2 is 2.00 bits per heavy atom. The van der Waals surface area contributed by atoms with Gasteiger partial charge in [0.05, 0.1) is 7.11 Å². The number of carbonyl (C=O) groups is 1. The molecule has 0 saturated heterocycles. The lowest BCUT2D eigenvalue weighted by Gasteiger charge is -2.25. The summed E-state index contributed by atoms with van der Waals surface area (Å²) in [6.07, 6.45) is 5.04. The van der Waals surface area contributed by atoms with Crippen molar-refractivity contribution in [3.63, 3.8) is 0 Å². The smallest absolute Gasteiger partial charge is 0.331 e. The number of hydrogen-bond donors (Lipinski definition) is 1. The van der Waals surface area contributed by atoms with E-state index in [0.29, 0.717) is 0 Å². The first-order valence-electron chi connectivity index (χ1n) is 6.09. The molecule has 1 aromatic rings. The van der Waals surface area contributed by atoms with Crippen LogP contribution in [0.2, 0.25) is 0 Å². The third-order valence-electron chi connectivity index (χ3n) is 2.78. The van der Waals surface area contributed by atoms with E-state index in [-0.39, 0.29) is 11.5 Å². The Morgan fingerprint density at radius 3 is 2.61 bits per heavy atom. The van der Waals surface area contributed by atoms with Gasteiger partial charge in [-0.2, -0.15) is 0 Å². The fourth-order valence-electron chi connectivity index (χ4n) is 1.58. The first-order valence-corrected chi connectivity index (χ1v) is 6.09. The number of methoxy groups -OCH3 is 1. The maximum Gasteiger partial charge on any atom is 0.331 e. The first-order chi connectivity index (χ1) is 8.53. The molecule has 0 radical (unpaired) electrons. The standard InChI is InChI=1S/C15H21NO2/c1-15(2,16-12-10-14(17)18-3)11-9-13-7-5-4-6-8-13/h4-8,10,12,16H,9,11H2,1-3H3/b12-10+. The van der Waals surface area contributed by atoms with Crippen LogP contribution in [0.15, 0.2) is 42.6 Å². The van der Waals surface area contributed by atoms with Crippen LogP contribution in [0.5, 0.6) is 0 Å². The van der Waals surface area contributed by atoms with E-state index in [4.69, 9.17) is 0 Å². The van der Waals surface area contributed by atoms with Crippen molar-refractivity contribution < 1.29 is 9.53 Å². The van der Waals surface area contributed by atoms with Gasteiger partial charge in [-0.05, 0) is 32.3 Å². The second-order valence-corrected chi connectivity index (χ2v) is 4.87. The van der Waals surface area contributed by atoms with Crippen molar-refractivity contribution in [1.29, 1.82) is 0 Å². The normalized spacial score (nSPS) is 11.5. The van der Waals surface area contributed by atoms with Gasteiger partial charge < -0.3 is 10.1 Å². The van der Waals surface area contributed by atoms with Crippen molar-refractivity contribution in [1.82, 2.24) is 5.32 Å². The highest BCUT2D eigenvalue weighted by Gasteiger charge is 2.14. The lowest BCUT2D eigenvalue weighted by atomic mass is 9.95. The molecule has 0 fully saturated rings. The van der Waals surface area contributed by atoms with E-state index in [1.165, 1.54) is 18.7 Å². The number of carbonyl (C=O) groups excluding carboxylic acids is 1. The third kappa shape index (κ3) is 5.53. The summed E-state index contributed by atoms with van der Waals surface area (Å²) in [5.41, 5.74) is 1.27. The van der Waals surface area contributed by atoms with Crippen LogP contribution >= 0.6 is 0 Å². The second kappa shape index (κ2) is 6.84. The van der Waals surface area contributed by atoms with Crippen LogP contribution in [-0.2, 0) is 16.0 Å². The predicted octanol–water partition coefficient (Wildman–Crippen LogP) is 2.67. The number of hydrogen-bond acceptors (Lipinski definition) is 3. The Hall–Kier alpha value is -1.77. The Bertz CT molecular complexity index is 396. The van der Waals surface area contributed by atoms with Gasteiger partial charge in [-0.15, -0.1) is 0 Å². The minimum atomic E-state index is -0.346. The van der Waals surface area contributed by atoms with E-state index >= 15 is 0 Å². The van der Waals surface area contributed by atoms with E-state index < -0.39 is 0 Å². The number of ether oxygens (including phenoxy) is 1. The SMILES string of the molecule is COC(=O)/C=C/NC(C)(C)CCc1ccccc1. The van der Waals surface area contributed by atoms with Crippen LogP contribution in [0.4, 0.5) is 0 Å². The van der Waals surface area contributed by atoms with Gasteiger partial charge in [0.1, 0.15) is 0 Å². The zero-order valence-electron chi connectivity index (χ0n) is 11.3. The predicted molar refractivity (Wildman–Crippen MR) is 73.1 cm³/mol. The second-order valence-electron chi connectivity index (χ2n) is 4.87. The Labute approximate surface area is 109 Å². The fourth-order valence-corrected chi connectivity index (χ4v) is 1.58. The molecule has 0 bridgehead atoms. The van der Waals surface area contributed by atoms with E-state index in [0.717, 1.165) is 12.8 Å². The molecule has 1 rings (SSSR count). The van der Waals surface area contributed by atoms with E-state index in [9.17, 15) is 4.79 Å². The van der Waals surface area contributed by atoms with Crippen LogP contribution in [-0.4, -0.2) is 18.6 Å². The minimum Gasteiger partial charge on any atom is -0.466 e. The lowest BCUT2D eigenvalue weighted by Crippen LogP contribution is -2.36. The molecule has 0 aliphatic rings. The molecule has 0 amide bonds. The van der Waals surface area contributed by atoms with Crippen molar-refractivity contribution in [2.24, 2.45) is 0 Å². The van der Waals surface area contributed by atoms with Gasteiger partial charge in [0.25, 0.3) is 0 Å². The largest absolute Gasteiger partial charge is 0.466 e. The van der Waals surface area contributed by atoms with E-state index in [1.54, 1.807) is 6.20 Å². The van der Waals surface area contributed by atoms with Gasteiger partial charge in [0, 0.05) is 17.8 Å². The molecule has 0 spiro atoms. The number of rotatable bonds is 6. The summed E-state index contributed by atoms with van der Waals surface area (Å²) in [6.45, 7) is 4.22. The monoisotopic (exact) mass is 247 g/mol. The molecule has 0 heterocycles. The van der Waals surface area contributed by atoms with Crippen molar-refractivity contribution in [2.45, 2.75) is 32.2 Å². The highest BCUT2D eigenvalue weighted by atomic mass is 16.5. The summed E-state index contributed by atoms with van der Waals surface area (Å²) in [4.78, 5) is 10.9. The molecule has 98 valence electrons. The Morgan fingerprint density at radius 1 is 1.33 bits per heavy atom. The van der Waals surface area contributed by atoms with Gasteiger partial charge in [-0.1, -0.05) is 30.3 Å². The molecule has 18 heavy (non-hydrogen) atoms. The van der Waals surface area contributed by atoms with Gasteiger partial charge in [-0.25, -0.2) is 4.79 Å². The van der Waals surface area contributed by atoms with E-state index in [1.807, 2.05) is 18.2 Å². The van der Waals surface area contributed by atoms with Gasteiger partial charge >= 0.3 is 5.97 Å². The average Bonchev–Trinajstić information content (AvgIpc) is 2.37. The fraction of sp³-hybridized carbons (Fsp3) is 0.400. The molecule has 0 aromatic heterocycles. The molecule has 0 atom stereocenters. The van der Waals surface area contributed by atoms with Crippen molar-refractivity contribution in [2.75, 3.05) is 7.11 Å². The zero-order chi connectivity index (χ0) is 13.4. The third-order valence-corrected chi connectivity index (χ3v) is 2.78. The minimum absolute atomic E-state index is 0.0552. The zero-order valence-corrected chi connectivity index (χ0v) is 11.3. The quantitative estimate of drug-likeness (QED) is 0.620. The molecular weight excluding hydrogens is 226 g/mol. The highest BCUT2D eigenvalue weighted by molar-refractivity contribution is 5.81. The van der Waals surface area contributed by atoms with Crippen LogP contribution in [0.25, 0.3) is 0 Å². The highest BCUT2D eigenvalue weighted by Crippen LogP contribution is 2.13. The molecule has 0 aliphatic carbocycles. The first kappa shape index (κ1) is 14.3. The molecule has 0 unspecified atom stereocenters. The summed E-state index contributed by atoms with van der Waals surface area (Å²) in [6, 6.07) is 10.4. The number of benzene rings is 1. The Kier molecular flexibility index (Phi) is 5.43. The van der Waals surface area contributed by atoms with Crippen LogP contribution in [0.1, 0.15) is 25.8 Å². The number of esters is 1. The number of nitrogens with one attached hydrogen (secondary N) is 1. The molecule has 1 aromatic carbocycles. The van der Waals surface area contributed by atoms with Gasteiger partial charge in [0.2, 0.25) is 0 Å². The molecule has 0 saturated carbocycles. The van der Waals surface area contributed by atoms with Crippen molar-refractivity contribution >= 4 is 5.97 Å². The van der Waals surface area contributed by atoms with E-state index in [2.05, 4.69) is 36.0 Å². The van der Waals surface area contributed by atoms with Crippen molar-refractivity contribution in [3.05, 3.63) is 48.2 Å². The Balaban J connectivity index is 2.40. The van der Waals surface area contributed by atoms with Crippen molar-refractivity contribution in [3.8, 4) is 0 Å². The molecule has 1 N–H and O–H groups in total. The summed E-state index contributed by atoms with van der Waals surface area (Å²) in [7, 11) is 1.37. The summed E-state index contributed by atoms with van der Waals surface area (Å²) in [5.74, 6) is -0.346.